The second kappa shape index (κ2) is 9.34. The van der Waals surface area contributed by atoms with Crippen LogP contribution in [-0.2, 0) is 5.66 Å². The zero-order valence-corrected chi connectivity index (χ0v) is 22.0. The van der Waals surface area contributed by atoms with Crippen molar-refractivity contribution in [2.45, 2.75) is 5.66 Å². The first kappa shape index (κ1) is 23.6. The van der Waals surface area contributed by atoms with Crippen molar-refractivity contribution in [3.05, 3.63) is 143 Å². The minimum Gasteiger partial charge on any atom is -0.158 e. The van der Waals surface area contributed by atoms with E-state index in [9.17, 15) is 0 Å². The molecule has 0 unspecified atom stereocenters. The van der Waals surface area contributed by atoms with E-state index in [1.54, 1.807) is 22.0 Å². The van der Waals surface area contributed by atoms with Gasteiger partial charge < -0.3 is 0 Å². The average molecular weight is 547 g/mol. The van der Waals surface area contributed by atoms with Gasteiger partial charge in [-0.1, -0.05) is 120 Å². The number of hydrogen-bond donors (Lipinski definition) is 0. The molecule has 0 saturated heterocycles. The highest BCUT2D eigenvalue weighted by Crippen LogP contribution is 2.61. The van der Waals surface area contributed by atoms with Crippen LogP contribution in [0.4, 0.5) is 0 Å². The van der Waals surface area contributed by atoms with Crippen molar-refractivity contribution in [2.75, 3.05) is 0 Å². The van der Waals surface area contributed by atoms with Crippen molar-refractivity contribution in [2.24, 2.45) is 0 Å². The van der Waals surface area contributed by atoms with E-state index in [1.807, 2.05) is 84.9 Å². The Labute approximate surface area is 234 Å². The SMILES string of the molecule is Clc1ccccc1-c1cnn(C2(n3ncc(-c4ccccc4Cl)n3)C(c3ccccc3)=C2c2ccccc2)n1. The predicted octanol–water partition coefficient (Wildman–Crippen LogP) is 7.34. The molecule has 39 heavy (non-hydrogen) atoms. The van der Waals surface area contributed by atoms with Crippen LogP contribution in [0.5, 0.6) is 0 Å². The molecule has 0 saturated carbocycles. The van der Waals surface area contributed by atoms with Crippen LogP contribution in [0.25, 0.3) is 33.7 Å². The van der Waals surface area contributed by atoms with Gasteiger partial charge in [0.25, 0.3) is 0 Å². The number of allylic oxidation sites excluding steroid dienone is 2. The van der Waals surface area contributed by atoms with Gasteiger partial charge in [-0.05, 0) is 23.3 Å². The lowest BCUT2D eigenvalue weighted by molar-refractivity contribution is 0.316. The second-order valence-corrected chi connectivity index (χ2v) is 9.97. The molecule has 6 aromatic rings. The number of nitrogens with zero attached hydrogens (tertiary/aromatic N) is 6. The standard InChI is InChI=1S/C31H20Cl2N6/c32-25-17-9-7-15-23(25)27-19-34-38(36-27)31(39-35-20-28(37-39)24-16-8-10-18-26(24)33)29(21-11-3-1-4-12-21)30(31)22-13-5-2-6-14-22/h1-20H. The molecule has 188 valence electrons. The summed E-state index contributed by atoms with van der Waals surface area (Å²) in [5.41, 5.74) is 6.00. The Morgan fingerprint density at radius 1 is 0.487 bits per heavy atom. The van der Waals surface area contributed by atoms with Gasteiger partial charge in [-0.2, -0.15) is 20.4 Å². The van der Waals surface area contributed by atoms with Crippen molar-refractivity contribution < 1.29 is 0 Å². The molecule has 8 heteroatoms. The van der Waals surface area contributed by atoms with E-state index in [0.29, 0.717) is 21.4 Å². The van der Waals surface area contributed by atoms with Gasteiger partial charge in [-0.15, -0.1) is 9.59 Å². The Morgan fingerprint density at radius 2 is 0.872 bits per heavy atom. The van der Waals surface area contributed by atoms with Crippen LogP contribution in [0.1, 0.15) is 11.1 Å². The summed E-state index contributed by atoms with van der Waals surface area (Å²) in [5, 5.41) is 20.7. The monoisotopic (exact) mass is 546 g/mol. The van der Waals surface area contributed by atoms with E-state index in [2.05, 4.69) is 24.3 Å². The fraction of sp³-hybridized carbons (Fsp3) is 0.0323. The van der Waals surface area contributed by atoms with Gasteiger partial charge in [-0.3, -0.25) is 0 Å². The number of benzene rings is 4. The van der Waals surface area contributed by atoms with Gasteiger partial charge in [0.1, 0.15) is 11.4 Å². The van der Waals surface area contributed by atoms with E-state index < -0.39 is 5.66 Å². The molecule has 4 aromatic carbocycles. The highest BCUT2D eigenvalue weighted by molar-refractivity contribution is 6.33. The lowest BCUT2D eigenvalue weighted by atomic mass is 10.1. The van der Waals surface area contributed by atoms with E-state index in [0.717, 1.165) is 33.4 Å². The molecule has 0 N–H and O–H groups in total. The summed E-state index contributed by atoms with van der Waals surface area (Å²) in [4.78, 5) is 3.37. The third kappa shape index (κ3) is 3.80. The summed E-state index contributed by atoms with van der Waals surface area (Å²) in [6.07, 6.45) is 3.45. The fourth-order valence-electron chi connectivity index (χ4n) is 5.06. The maximum atomic E-state index is 6.52. The predicted molar refractivity (Wildman–Crippen MR) is 154 cm³/mol. The van der Waals surface area contributed by atoms with Crippen molar-refractivity contribution in [1.82, 2.24) is 30.0 Å². The summed E-state index contributed by atoms with van der Waals surface area (Å²) < 4.78 is 0. The zero-order valence-electron chi connectivity index (χ0n) is 20.5. The molecule has 1 aliphatic rings. The quantitative estimate of drug-likeness (QED) is 0.219. The highest BCUT2D eigenvalue weighted by atomic mass is 35.5. The lowest BCUT2D eigenvalue weighted by Crippen LogP contribution is -2.35. The van der Waals surface area contributed by atoms with Crippen molar-refractivity contribution >= 4 is 34.3 Å². The molecule has 0 bridgehead atoms. The van der Waals surface area contributed by atoms with Crippen LogP contribution in [0.3, 0.4) is 0 Å². The van der Waals surface area contributed by atoms with Crippen LogP contribution in [-0.4, -0.2) is 30.0 Å². The van der Waals surface area contributed by atoms with E-state index >= 15 is 0 Å². The molecule has 7 rings (SSSR count). The first-order chi connectivity index (χ1) is 19.2. The molecule has 0 radical (unpaired) electrons. The Morgan fingerprint density at radius 3 is 1.28 bits per heavy atom. The van der Waals surface area contributed by atoms with Crippen LogP contribution in [0.15, 0.2) is 122 Å². The lowest BCUT2D eigenvalue weighted by Gasteiger charge is -2.19. The summed E-state index contributed by atoms with van der Waals surface area (Å²) in [6, 6.07) is 35.6. The van der Waals surface area contributed by atoms with Crippen molar-refractivity contribution in [1.29, 1.82) is 0 Å². The summed E-state index contributed by atoms with van der Waals surface area (Å²) >= 11 is 13.0. The first-order valence-corrected chi connectivity index (χ1v) is 13.1. The minimum atomic E-state index is -0.998. The topological polar surface area (TPSA) is 61.4 Å². The maximum absolute atomic E-state index is 6.52. The van der Waals surface area contributed by atoms with Crippen LogP contribution >= 0.6 is 23.2 Å². The summed E-state index contributed by atoms with van der Waals surface area (Å²) in [6.45, 7) is 0. The van der Waals surface area contributed by atoms with Crippen molar-refractivity contribution in [3.63, 3.8) is 0 Å². The molecule has 0 atom stereocenters. The minimum absolute atomic E-state index is 0.604. The zero-order chi connectivity index (χ0) is 26.4. The summed E-state index contributed by atoms with van der Waals surface area (Å²) in [5.74, 6) is 0. The Hall–Kier alpha value is -4.52. The Bertz CT molecular complexity index is 1700. The Balaban J connectivity index is 1.46. The Kier molecular flexibility index (Phi) is 5.65. The molecule has 2 heterocycles. The molecule has 0 fully saturated rings. The second-order valence-electron chi connectivity index (χ2n) is 9.15. The van der Waals surface area contributed by atoms with Gasteiger partial charge in [0.05, 0.1) is 22.4 Å². The van der Waals surface area contributed by atoms with Crippen LogP contribution in [0.2, 0.25) is 10.0 Å². The molecule has 0 spiro atoms. The number of rotatable bonds is 6. The smallest absolute Gasteiger partial charge is 0.158 e. The fourth-order valence-corrected chi connectivity index (χ4v) is 5.53. The molecule has 0 aliphatic heterocycles. The number of aromatic nitrogens is 6. The number of hydrogen-bond acceptors (Lipinski definition) is 4. The first-order valence-electron chi connectivity index (χ1n) is 12.4. The van der Waals surface area contributed by atoms with Gasteiger partial charge in [-0.25, -0.2) is 0 Å². The highest BCUT2D eigenvalue weighted by Gasteiger charge is 2.62. The summed E-state index contributed by atoms with van der Waals surface area (Å²) in [7, 11) is 0. The van der Waals surface area contributed by atoms with E-state index in [4.69, 9.17) is 43.6 Å². The van der Waals surface area contributed by atoms with Crippen LogP contribution < -0.4 is 0 Å². The number of halogens is 2. The van der Waals surface area contributed by atoms with Gasteiger partial charge in [0.2, 0.25) is 5.66 Å². The third-order valence-electron chi connectivity index (χ3n) is 6.87. The maximum Gasteiger partial charge on any atom is 0.244 e. The molecule has 6 nitrogen and oxygen atoms in total. The largest absolute Gasteiger partial charge is 0.244 e. The molecule has 1 aliphatic carbocycles. The normalized spacial score (nSPS) is 14.0. The molecule has 0 amide bonds. The van der Waals surface area contributed by atoms with Gasteiger partial charge >= 0.3 is 0 Å². The van der Waals surface area contributed by atoms with E-state index in [-0.39, 0.29) is 0 Å². The average Bonchev–Trinajstić information content (AvgIpc) is 3.28. The van der Waals surface area contributed by atoms with Crippen molar-refractivity contribution in [3.8, 4) is 22.5 Å². The van der Waals surface area contributed by atoms with E-state index in [1.165, 1.54) is 0 Å². The molecule has 2 aromatic heterocycles. The molecular weight excluding hydrogens is 527 g/mol. The van der Waals surface area contributed by atoms with Crippen LogP contribution in [0, 0.1) is 0 Å². The van der Waals surface area contributed by atoms with Gasteiger partial charge in [0, 0.05) is 22.3 Å². The van der Waals surface area contributed by atoms with Gasteiger partial charge in [0.15, 0.2) is 0 Å². The molecular formula is C31H20Cl2N6. The third-order valence-corrected chi connectivity index (χ3v) is 7.53.